The Morgan fingerprint density at radius 1 is 1.11 bits per heavy atom. The van der Waals surface area contributed by atoms with Crippen LogP contribution in [0, 0.1) is 32.1 Å². The number of nitriles is 1. The van der Waals surface area contributed by atoms with Gasteiger partial charge in [0.25, 0.3) is 0 Å². The molecule has 1 heterocycles. The number of rotatable bonds is 4. The van der Waals surface area contributed by atoms with Gasteiger partial charge in [0.15, 0.2) is 0 Å². The molecule has 0 aliphatic heterocycles. The van der Waals surface area contributed by atoms with Crippen molar-refractivity contribution < 1.29 is 4.52 Å². The quantitative estimate of drug-likeness (QED) is 0.533. The maximum atomic E-state index is 9.37. The molecule has 2 N–H and O–H groups in total. The van der Waals surface area contributed by atoms with Gasteiger partial charge in [-0.2, -0.15) is 5.26 Å². The number of aromatic nitrogens is 1. The van der Waals surface area contributed by atoms with Gasteiger partial charge < -0.3 is 4.52 Å². The first-order valence-corrected chi connectivity index (χ1v) is 9.06. The van der Waals surface area contributed by atoms with E-state index in [1.165, 1.54) is 0 Å². The van der Waals surface area contributed by atoms with E-state index in [0.717, 1.165) is 57.9 Å². The molecule has 4 rings (SSSR count). The van der Waals surface area contributed by atoms with Crippen LogP contribution in [0.5, 0.6) is 0 Å². The molecule has 1 saturated carbocycles. The van der Waals surface area contributed by atoms with Crippen LogP contribution in [-0.4, -0.2) is 5.16 Å². The molecule has 0 bridgehead atoms. The Hall–Kier alpha value is -3.10. The summed E-state index contributed by atoms with van der Waals surface area (Å²) in [5.74, 6) is 7.25. The molecule has 2 aromatic carbocycles. The lowest BCUT2D eigenvalue weighted by molar-refractivity contribution is 0.393. The van der Waals surface area contributed by atoms with Crippen LogP contribution < -0.4 is 10.9 Å². The molecule has 3 aromatic rings. The zero-order chi connectivity index (χ0) is 19.2. The average Bonchev–Trinajstić information content (AvgIpc) is 3.42. The Labute approximate surface area is 159 Å². The molecule has 0 spiro atoms. The number of aryl methyl sites for hydroxylation is 3. The summed E-state index contributed by atoms with van der Waals surface area (Å²) in [7, 11) is 0. The summed E-state index contributed by atoms with van der Waals surface area (Å²) in [4.78, 5) is 0. The normalized spacial score (nSPS) is 14.6. The van der Waals surface area contributed by atoms with Gasteiger partial charge in [-0.25, -0.2) is 5.84 Å². The van der Waals surface area contributed by atoms with Gasteiger partial charge in [-0.3, -0.25) is 5.01 Å². The van der Waals surface area contributed by atoms with E-state index in [9.17, 15) is 5.26 Å². The molecule has 1 aromatic heterocycles. The predicted molar refractivity (Wildman–Crippen MR) is 105 cm³/mol. The first kappa shape index (κ1) is 17.3. The molecule has 27 heavy (non-hydrogen) atoms. The fraction of sp³-hybridized carbons (Fsp3) is 0.273. The van der Waals surface area contributed by atoms with E-state index in [0.29, 0.717) is 0 Å². The largest absolute Gasteiger partial charge is 0.361 e. The molecule has 0 amide bonds. The topological polar surface area (TPSA) is 79.1 Å². The van der Waals surface area contributed by atoms with Crippen molar-refractivity contribution in [2.45, 2.75) is 39.0 Å². The van der Waals surface area contributed by atoms with Crippen molar-refractivity contribution in [1.82, 2.24) is 5.16 Å². The molecular formula is C22H22N4O. The molecule has 0 saturated heterocycles. The van der Waals surface area contributed by atoms with Crippen molar-refractivity contribution in [1.29, 1.82) is 5.26 Å². The molecular weight excluding hydrogens is 336 g/mol. The maximum Gasteiger partial charge on any atom is 0.141 e. The summed E-state index contributed by atoms with van der Waals surface area (Å²) in [5, 5.41) is 15.1. The summed E-state index contributed by atoms with van der Waals surface area (Å²) in [6, 6.07) is 16.6. The minimum Gasteiger partial charge on any atom is -0.361 e. The molecule has 0 atom stereocenters. The van der Waals surface area contributed by atoms with Crippen LogP contribution in [-0.2, 0) is 5.41 Å². The lowest BCUT2D eigenvalue weighted by Gasteiger charge is -2.22. The fourth-order valence-electron chi connectivity index (χ4n) is 3.59. The summed E-state index contributed by atoms with van der Waals surface area (Å²) < 4.78 is 5.31. The lowest BCUT2D eigenvalue weighted by atomic mass is 9.97. The van der Waals surface area contributed by atoms with Gasteiger partial charge in [0.1, 0.15) is 5.76 Å². The number of nitrogens with zero attached hydrogens (tertiary/aromatic N) is 3. The van der Waals surface area contributed by atoms with Gasteiger partial charge in [-0.15, -0.1) is 0 Å². The van der Waals surface area contributed by atoms with E-state index in [4.69, 9.17) is 10.4 Å². The van der Waals surface area contributed by atoms with Crippen LogP contribution in [0.15, 0.2) is 47.0 Å². The summed E-state index contributed by atoms with van der Waals surface area (Å²) in [6.07, 6.45) is 1.88. The van der Waals surface area contributed by atoms with Crippen molar-refractivity contribution in [3.05, 3.63) is 65.0 Å². The second-order valence-electron chi connectivity index (χ2n) is 7.31. The number of hydrogen-bond donors (Lipinski definition) is 1. The monoisotopic (exact) mass is 358 g/mol. The van der Waals surface area contributed by atoms with Crippen LogP contribution >= 0.6 is 0 Å². The molecule has 0 unspecified atom stereocenters. The first-order chi connectivity index (χ1) is 12.9. The second-order valence-corrected chi connectivity index (χ2v) is 7.31. The van der Waals surface area contributed by atoms with Crippen LogP contribution in [0.25, 0.3) is 11.1 Å². The van der Waals surface area contributed by atoms with Gasteiger partial charge in [0.05, 0.1) is 28.6 Å². The Bertz CT molecular complexity index is 1020. The smallest absolute Gasteiger partial charge is 0.141 e. The van der Waals surface area contributed by atoms with Gasteiger partial charge in [-0.1, -0.05) is 29.4 Å². The highest BCUT2D eigenvalue weighted by molar-refractivity contribution is 5.75. The van der Waals surface area contributed by atoms with Crippen molar-refractivity contribution >= 4 is 11.4 Å². The molecule has 136 valence electrons. The van der Waals surface area contributed by atoms with E-state index in [2.05, 4.69) is 29.4 Å². The first-order valence-electron chi connectivity index (χ1n) is 9.06. The van der Waals surface area contributed by atoms with E-state index in [-0.39, 0.29) is 5.41 Å². The second kappa shape index (κ2) is 6.26. The highest BCUT2D eigenvalue weighted by Gasteiger charge is 2.44. The molecule has 1 aliphatic carbocycles. The Morgan fingerprint density at radius 3 is 2.37 bits per heavy atom. The zero-order valence-electron chi connectivity index (χ0n) is 15.8. The van der Waals surface area contributed by atoms with Crippen molar-refractivity contribution in [2.24, 2.45) is 5.84 Å². The number of benzene rings is 2. The SMILES string of the molecule is Cc1ccc(-c2c(C)noc2C)cc1N(N)c1ccc(C2(C#N)CC2)cc1. The van der Waals surface area contributed by atoms with Crippen molar-refractivity contribution in [3.63, 3.8) is 0 Å². The summed E-state index contributed by atoms with van der Waals surface area (Å²) in [6.45, 7) is 5.89. The predicted octanol–water partition coefficient (Wildman–Crippen LogP) is 4.83. The fourth-order valence-corrected chi connectivity index (χ4v) is 3.59. The number of nitrogens with two attached hydrogens (primary N) is 1. The van der Waals surface area contributed by atoms with E-state index >= 15 is 0 Å². The van der Waals surface area contributed by atoms with Gasteiger partial charge in [0, 0.05) is 5.56 Å². The zero-order valence-corrected chi connectivity index (χ0v) is 15.8. The molecule has 5 heteroatoms. The van der Waals surface area contributed by atoms with E-state index in [1.54, 1.807) is 5.01 Å². The van der Waals surface area contributed by atoms with Gasteiger partial charge in [0.2, 0.25) is 0 Å². The van der Waals surface area contributed by atoms with Crippen LogP contribution in [0.3, 0.4) is 0 Å². The minimum atomic E-state index is -0.281. The summed E-state index contributed by atoms with van der Waals surface area (Å²) >= 11 is 0. The van der Waals surface area contributed by atoms with Gasteiger partial charge in [-0.05, 0) is 68.5 Å². The highest BCUT2D eigenvalue weighted by Crippen LogP contribution is 2.47. The van der Waals surface area contributed by atoms with E-state index < -0.39 is 0 Å². The lowest BCUT2D eigenvalue weighted by Crippen LogP contribution is -2.25. The molecule has 1 fully saturated rings. The third-order valence-corrected chi connectivity index (χ3v) is 5.45. The Kier molecular flexibility index (Phi) is 4.01. The Balaban J connectivity index is 1.69. The maximum absolute atomic E-state index is 9.37. The van der Waals surface area contributed by atoms with Gasteiger partial charge >= 0.3 is 0 Å². The molecule has 0 radical (unpaired) electrons. The van der Waals surface area contributed by atoms with E-state index in [1.807, 2.05) is 45.0 Å². The highest BCUT2D eigenvalue weighted by atomic mass is 16.5. The minimum absolute atomic E-state index is 0.281. The molecule has 1 aliphatic rings. The third kappa shape index (κ3) is 2.88. The molecule has 5 nitrogen and oxygen atoms in total. The third-order valence-electron chi connectivity index (χ3n) is 5.45. The number of hydrogen-bond acceptors (Lipinski definition) is 5. The Morgan fingerprint density at radius 2 is 1.81 bits per heavy atom. The van der Waals surface area contributed by atoms with Crippen LogP contribution in [0.1, 0.15) is 35.4 Å². The van der Waals surface area contributed by atoms with Crippen molar-refractivity contribution in [3.8, 4) is 17.2 Å². The summed E-state index contributed by atoms with van der Waals surface area (Å²) in [5.41, 5.74) is 6.56. The van der Waals surface area contributed by atoms with Crippen LogP contribution in [0.2, 0.25) is 0 Å². The van der Waals surface area contributed by atoms with Crippen molar-refractivity contribution in [2.75, 3.05) is 5.01 Å². The number of anilines is 2. The van der Waals surface area contributed by atoms with Crippen LogP contribution in [0.4, 0.5) is 11.4 Å². The average molecular weight is 358 g/mol. The standard InChI is InChI=1S/C22H22N4O/c1-14-4-5-17(21-15(2)25-27-16(21)3)12-20(14)26(24)19-8-6-18(7-9-19)22(13-23)10-11-22/h4-9,12H,10-11,24H2,1-3H3. The number of hydrazine groups is 1.